The highest BCUT2D eigenvalue weighted by Crippen LogP contribution is 2.20. The van der Waals surface area contributed by atoms with Gasteiger partial charge in [-0.3, -0.25) is 4.90 Å². The highest BCUT2D eigenvalue weighted by molar-refractivity contribution is 6.30. The van der Waals surface area contributed by atoms with Crippen LogP contribution in [0.5, 0.6) is 0 Å². The van der Waals surface area contributed by atoms with Gasteiger partial charge in [0.1, 0.15) is 0 Å². The lowest BCUT2D eigenvalue weighted by atomic mass is 9.94. The number of aryl methyl sites for hydroxylation is 1. The normalized spacial score (nSPS) is 24.7. The van der Waals surface area contributed by atoms with E-state index in [0.717, 1.165) is 31.1 Å². The van der Waals surface area contributed by atoms with Crippen LogP contribution in [0.15, 0.2) is 18.2 Å². The second-order valence-corrected chi connectivity index (χ2v) is 5.67. The first kappa shape index (κ1) is 15.8. The molecule has 1 fully saturated rings. The van der Waals surface area contributed by atoms with Crippen molar-refractivity contribution in [3.05, 3.63) is 34.3 Å². The van der Waals surface area contributed by atoms with Crippen molar-refractivity contribution in [1.29, 1.82) is 0 Å². The molecule has 1 heterocycles. The maximum atomic E-state index is 6.04. The number of nitrogens with two attached hydrogens (primary N) is 1. The molecule has 0 bridgehead atoms. The van der Waals surface area contributed by atoms with Crippen molar-refractivity contribution < 1.29 is 0 Å². The van der Waals surface area contributed by atoms with Crippen molar-refractivity contribution >= 4 is 24.0 Å². The molecule has 2 rings (SSSR count). The van der Waals surface area contributed by atoms with E-state index in [4.69, 9.17) is 17.3 Å². The molecule has 0 radical (unpaired) electrons. The van der Waals surface area contributed by atoms with Crippen LogP contribution in [-0.2, 0) is 6.54 Å². The van der Waals surface area contributed by atoms with Crippen molar-refractivity contribution in [3.63, 3.8) is 0 Å². The Morgan fingerprint density at radius 1 is 1.44 bits per heavy atom. The maximum absolute atomic E-state index is 6.04. The summed E-state index contributed by atoms with van der Waals surface area (Å²) in [5.41, 5.74) is 8.69. The van der Waals surface area contributed by atoms with Gasteiger partial charge in [0.25, 0.3) is 0 Å². The van der Waals surface area contributed by atoms with Crippen LogP contribution >= 0.6 is 24.0 Å². The van der Waals surface area contributed by atoms with Gasteiger partial charge in [0.2, 0.25) is 0 Å². The lowest BCUT2D eigenvalue weighted by Gasteiger charge is -2.35. The van der Waals surface area contributed by atoms with Crippen LogP contribution < -0.4 is 5.73 Å². The predicted octanol–water partition coefficient (Wildman–Crippen LogP) is 3.24. The average molecular weight is 289 g/mol. The molecule has 1 aromatic rings. The summed E-state index contributed by atoms with van der Waals surface area (Å²) in [5, 5.41) is 0.820. The first-order chi connectivity index (χ1) is 8.06. The fourth-order valence-electron chi connectivity index (χ4n) is 2.47. The second-order valence-electron chi connectivity index (χ2n) is 5.24. The smallest absolute Gasteiger partial charge is 0.0408 e. The minimum Gasteiger partial charge on any atom is -0.327 e. The van der Waals surface area contributed by atoms with E-state index in [2.05, 4.69) is 24.8 Å². The predicted molar refractivity (Wildman–Crippen MR) is 80.5 cm³/mol. The summed E-state index contributed by atoms with van der Waals surface area (Å²) < 4.78 is 0. The molecular weight excluding hydrogens is 267 g/mol. The number of likely N-dealkylation sites (tertiary alicyclic amines) is 1. The highest BCUT2D eigenvalue weighted by atomic mass is 35.5. The number of halogens is 2. The van der Waals surface area contributed by atoms with E-state index in [1.165, 1.54) is 11.1 Å². The molecule has 0 amide bonds. The van der Waals surface area contributed by atoms with Crippen molar-refractivity contribution in [1.82, 2.24) is 4.90 Å². The Balaban J connectivity index is 0.00000162. The van der Waals surface area contributed by atoms with Crippen LogP contribution in [0, 0.1) is 12.8 Å². The number of hydrogen-bond acceptors (Lipinski definition) is 2. The summed E-state index contributed by atoms with van der Waals surface area (Å²) in [6, 6.07) is 6.52. The maximum Gasteiger partial charge on any atom is 0.0408 e. The first-order valence-corrected chi connectivity index (χ1v) is 6.67. The molecule has 1 aliphatic heterocycles. The zero-order valence-electron chi connectivity index (χ0n) is 11.0. The minimum atomic E-state index is 0. The topological polar surface area (TPSA) is 29.3 Å². The summed E-state index contributed by atoms with van der Waals surface area (Å²) in [6.45, 7) is 7.59. The standard InChI is InChI=1S/C14H21ClN2.ClH/c1-10-7-13(15)4-3-12(10)9-17-6-5-14(16)11(2)8-17;/h3-4,7,11,14H,5-6,8-9,16H2,1-2H3;1H. The summed E-state index contributed by atoms with van der Waals surface area (Å²) in [6.07, 6.45) is 1.10. The molecule has 0 aliphatic carbocycles. The Morgan fingerprint density at radius 2 is 2.17 bits per heavy atom. The fourth-order valence-corrected chi connectivity index (χ4v) is 2.70. The third kappa shape index (κ3) is 3.86. The monoisotopic (exact) mass is 288 g/mol. The van der Waals surface area contributed by atoms with Gasteiger partial charge in [-0.2, -0.15) is 0 Å². The molecule has 0 saturated carbocycles. The molecule has 0 spiro atoms. The molecule has 0 aromatic heterocycles. The average Bonchev–Trinajstić information content (AvgIpc) is 2.27. The van der Waals surface area contributed by atoms with E-state index in [0.29, 0.717) is 12.0 Å². The van der Waals surface area contributed by atoms with Crippen molar-refractivity contribution in [2.75, 3.05) is 13.1 Å². The molecule has 1 aliphatic rings. The molecule has 2 atom stereocenters. The lowest BCUT2D eigenvalue weighted by Crippen LogP contribution is -2.45. The Kier molecular flexibility index (Phi) is 5.93. The lowest BCUT2D eigenvalue weighted by molar-refractivity contribution is 0.157. The van der Waals surface area contributed by atoms with Crippen molar-refractivity contribution in [2.45, 2.75) is 32.9 Å². The van der Waals surface area contributed by atoms with E-state index in [1.54, 1.807) is 0 Å². The van der Waals surface area contributed by atoms with Crippen LogP contribution in [0.2, 0.25) is 5.02 Å². The third-order valence-electron chi connectivity index (χ3n) is 3.75. The van der Waals surface area contributed by atoms with Crippen LogP contribution in [0.25, 0.3) is 0 Å². The van der Waals surface area contributed by atoms with Crippen LogP contribution in [0.1, 0.15) is 24.5 Å². The SMILES string of the molecule is Cc1cc(Cl)ccc1CN1CCC(N)C(C)C1.Cl. The fraction of sp³-hybridized carbons (Fsp3) is 0.571. The molecule has 2 nitrogen and oxygen atoms in total. The van der Waals surface area contributed by atoms with E-state index >= 15 is 0 Å². The molecule has 4 heteroatoms. The van der Waals surface area contributed by atoms with E-state index in [1.807, 2.05) is 12.1 Å². The molecule has 102 valence electrons. The van der Waals surface area contributed by atoms with Crippen LogP contribution in [0.4, 0.5) is 0 Å². The van der Waals surface area contributed by atoms with E-state index < -0.39 is 0 Å². The number of hydrogen-bond donors (Lipinski definition) is 1. The molecule has 2 unspecified atom stereocenters. The van der Waals surface area contributed by atoms with Crippen LogP contribution in [-0.4, -0.2) is 24.0 Å². The summed E-state index contributed by atoms with van der Waals surface area (Å²) >= 11 is 5.97. The number of nitrogens with zero attached hydrogens (tertiary/aromatic N) is 1. The van der Waals surface area contributed by atoms with Gasteiger partial charge < -0.3 is 5.73 Å². The number of rotatable bonds is 2. The number of benzene rings is 1. The minimum absolute atomic E-state index is 0. The largest absolute Gasteiger partial charge is 0.327 e. The van der Waals surface area contributed by atoms with Gasteiger partial charge in [-0.25, -0.2) is 0 Å². The van der Waals surface area contributed by atoms with Gasteiger partial charge in [-0.1, -0.05) is 24.6 Å². The van der Waals surface area contributed by atoms with E-state index in [9.17, 15) is 0 Å². The van der Waals surface area contributed by atoms with Gasteiger partial charge in [0.15, 0.2) is 0 Å². The third-order valence-corrected chi connectivity index (χ3v) is 3.99. The van der Waals surface area contributed by atoms with Gasteiger partial charge in [0.05, 0.1) is 0 Å². The van der Waals surface area contributed by atoms with E-state index in [-0.39, 0.29) is 12.4 Å². The Labute approximate surface area is 121 Å². The number of piperidine rings is 1. The Hall–Kier alpha value is -0.280. The quantitative estimate of drug-likeness (QED) is 0.905. The highest BCUT2D eigenvalue weighted by Gasteiger charge is 2.23. The van der Waals surface area contributed by atoms with Gasteiger partial charge in [0, 0.05) is 24.2 Å². The Bertz CT molecular complexity index is 395. The Morgan fingerprint density at radius 3 is 2.78 bits per heavy atom. The van der Waals surface area contributed by atoms with Gasteiger partial charge >= 0.3 is 0 Å². The summed E-state index contributed by atoms with van der Waals surface area (Å²) in [5.74, 6) is 0.594. The van der Waals surface area contributed by atoms with Crippen LogP contribution in [0.3, 0.4) is 0 Å². The molecule has 1 aromatic carbocycles. The molecule has 18 heavy (non-hydrogen) atoms. The zero-order valence-corrected chi connectivity index (χ0v) is 12.6. The molecule has 1 saturated heterocycles. The second kappa shape index (κ2) is 6.76. The molecular formula is C14H22Cl2N2. The zero-order chi connectivity index (χ0) is 12.4. The first-order valence-electron chi connectivity index (χ1n) is 6.29. The summed E-state index contributed by atoms with van der Waals surface area (Å²) in [7, 11) is 0. The van der Waals surface area contributed by atoms with Crippen molar-refractivity contribution in [2.24, 2.45) is 11.7 Å². The molecule has 2 N–H and O–H groups in total. The van der Waals surface area contributed by atoms with Crippen molar-refractivity contribution in [3.8, 4) is 0 Å². The van der Waals surface area contributed by atoms with Gasteiger partial charge in [-0.15, -0.1) is 12.4 Å². The van der Waals surface area contributed by atoms with Gasteiger partial charge in [-0.05, 0) is 49.1 Å². The summed E-state index contributed by atoms with van der Waals surface area (Å²) in [4.78, 5) is 2.49.